The van der Waals surface area contributed by atoms with Gasteiger partial charge in [-0.05, 0) is 105 Å². The topological polar surface area (TPSA) is 34.6 Å². The van der Waals surface area contributed by atoms with Gasteiger partial charge in [0.1, 0.15) is 11.3 Å². The number of nitrogens with zero attached hydrogens (tertiary/aromatic N) is 4. The van der Waals surface area contributed by atoms with Crippen LogP contribution in [0, 0.1) is 5.41 Å². The van der Waals surface area contributed by atoms with Crippen LogP contribution in [0.2, 0.25) is 0 Å². The van der Waals surface area contributed by atoms with Gasteiger partial charge in [0.15, 0.2) is 0 Å². The van der Waals surface area contributed by atoms with Gasteiger partial charge in [0, 0.05) is 21.5 Å². The van der Waals surface area contributed by atoms with Crippen molar-refractivity contribution in [1.29, 1.82) is 0 Å². The van der Waals surface area contributed by atoms with Gasteiger partial charge < -0.3 is 0 Å². The van der Waals surface area contributed by atoms with Gasteiger partial charge in [0.05, 0.1) is 33.1 Å². The van der Waals surface area contributed by atoms with Crippen molar-refractivity contribution in [3.63, 3.8) is 0 Å². The Hall–Kier alpha value is -5.74. The maximum Gasteiger partial charge on any atom is 0.146 e. The van der Waals surface area contributed by atoms with Crippen LogP contribution in [0.1, 0.15) is 52.7 Å². The molecule has 0 aliphatic carbocycles. The Kier molecular flexibility index (Phi) is 6.14. The molecule has 4 nitrogen and oxygen atoms in total. The molecule has 248 valence electrons. The first-order valence-corrected chi connectivity index (χ1v) is 18.1. The van der Waals surface area contributed by atoms with E-state index in [1.54, 1.807) is 0 Å². The number of rotatable bonds is 2. The van der Waals surface area contributed by atoms with E-state index in [0.717, 1.165) is 50.7 Å². The molecule has 51 heavy (non-hydrogen) atoms. The molecule has 0 N–H and O–H groups in total. The van der Waals surface area contributed by atoms with Crippen molar-refractivity contribution in [2.24, 2.45) is 5.41 Å². The lowest BCUT2D eigenvalue weighted by atomic mass is 9.87. The summed E-state index contributed by atoms with van der Waals surface area (Å²) in [5.74, 6) is 0. The van der Waals surface area contributed by atoms with Crippen LogP contribution in [0.5, 0.6) is 0 Å². The smallest absolute Gasteiger partial charge is 0.146 e. The molecule has 4 heterocycles. The second-order valence-corrected chi connectivity index (χ2v) is 16.6. The molecule has 0 unspecified atom stereocenters. The zero-order valence-corrected chi connectivity index (χ0v) is 30.0. The second-order valence-electron chi connectivity index (χ2n) is 16.6. The molecule has 0 bridgehead atoms. The van der Waals surface area contributed by atoms with Crippen LogP contribution in [0.25, 0.3) is 87.8 Å². The second kappa shape index (κ2) is 10.4. The van der Waals surface area contributed by atoms with E-state index in [9.17, 15) is 0 Å². The molecule has 6 aromatic carbocycles. The Bertz CT molecular complexity index is 3070. The molecule has 4 aromatic heterocycles. The van der Waals surface area contributed by atoms with E-state index in [1.807, 2.05) is 0 Å². The van der Waals surface area contributed by atoms with Gasteiger partial charge in [-0.2, -0.15) is 0 Å². The summed E-state index contributed by atoms with van der Waals surface area (Å²) in [5.41, 5.74) is 13.9. The molecule has 0 radical (unpaired) electrons. The van der Waals surface area contributed by atoms with Gasteiger partial charge in [-0.25, -0.2) is 9.97 Å². The summed E-state index contributed by atoms with van der Waals surface area (Å²) < 4.78 is 4.69. The number of aromatic nitrogens is 4. The third kappa shape index (κ3) is 4.59. The minimum absolute atomic E-state index is 0.0560. The molecule has 0 fully saturated rings. The van der Waals surface area contributed by atoms with Gasteiger partial charge >= 0.3 is 0 Å². The number of hydrogen-bond donors (Lipinski definition) is 0. The van der Waals surface area contributed by atoms with E-state index < -0.39 is 0 Å². The highest BCUT2D eigenvalue weighted by molar-refractivity contribution is 6.16. The molecule has 0 amide bonds. The average molecular weight is 661 g/mol. The quantitative estimate of drug-likeness (QED) is 0.173. The van der Waals surface area contributed by atoms with E-state index in [2.05, 4.69) is 172 Å². The zero-order valence-electron chi connectivity index (χ0n) is 30.0. The Morgan fingerprint density at radius 1 is 0.451 bits per heavy atom. The van der Waals surface area contributed by atoms with Crippen LogP contribution in [0.4, 0.5) is 0 Å². The normalized spacial score (nSPS) is 13.0. The van der Waals surface area contributed by atoms with Crippen LogP contribution in [-0.4, -0.2) is 18.8 Å². The van der Waals surface area contributed by atoms with Crippen LogP contribution < -0.4 is 0 Å². The highest BCUT2D eigenvalue weighted by atomic mass is 15.0. The largest absolute Gasteiger partial charge is 0.292 e. The van der Waals surface area contributed by atoms with Crippen molar-refractivity contribution in [1.82, 2.24) is 18.8 Å². The molecule has 10 rings (SSSR count). The standard InChI is InChI=1S/C47H40N4/c1-46(2,3)27-28-15-19-32-33-11-7-9-13-40(33)51-42-21-17-30(25-38(42)48-45(51)37(32)23-28)29-16-20-35-36(24-29)34-12-8-10-14-41(34)50-43-22-18-31(47(4,5)6)26-39(43)49-44(35)50/h7-26H,27H2,1-6H3. The van der Waals surface area contributed by atoms with Crippen molar-refractivity contribution < 1.29 is 0 Å². The van der Waals surface area contributed by atoms with Gasteiger partial charge in [-0.3, -0.25) is 8.80 Å². The molecule has 0 atom stereocenters. The molecule has 4 heteroatoms. The lowest BCUT2D eigenvalue weighted by Crippen LogP contribution is -2.10. The van der Waals surface area contributed by atoms with Gasteiger partial charge in [0.25, 0.3) is 0 Å². The van der Waals surface area contributed by atoms with Crippen molar-refractivity contribution in [3.05, 3.63) is 132 Å². The maximum absolute atomic E-state index is 5.37. The summed E-state index contributed by atoms with van der Waals surface area (Å²) in [5, 5.41) is 7.29. The summed E-state index contributed by atoms with van der Waals surface area (Å²) in [6, 6.07) is 44.8. The van der Waals surface area contributed by atoms with Crippen molar-refractivity contribution in [2.45, 2.75) is 53.4 Å². The Balaban J connectivity index is 1.19. The number of hydrogen-bond acceptors (Lipinski definition) is 2. The number of fused-ring (bicyclic) bond motifs is 16. The van der Waals surface area contributed by atoms with Gasteiger partial charge in [0.2, 0.25) is 0 Å². The van der Waals surface area contributed by atoms with E-state index in [0.29, 0.717) is 0 Å². The summed E-state index contributed by atoms with van der Waals surface area (Å²) in [6.45, 7) is 13.7. The number of imidazole rings is 2. The average Bonchev–Trinajstić information content (AvgIpc) is 3.69. The van der Waals surface area contributed by atoms with E-state index in [4.69, 9.17) is 9.97 Å². The lowest BCUT2D eigenvalue weighted by molar-refractivity contribution is 0.411. The molecular weight excluding hydrogens is 621 g/mol. The van der Waals surface area contributed by atoms with Crippen molar-refractivity contribution in [3.8, 4) is 11.1 Å². The minimum Gasteiger partial charge on any atom is -0.292 e. The molecule has 0 saturated heterocycles. The fourth-order valence-electron chi connectivity index (χ4n) is 8.32. The number of para-hydroxylation sites is 2. The summed E-state index contributed by atoms with van der Waals surface area (Å²) >= 11 is 0. The zero-order chi connectivity index (χ0) is 34.8. The predicted molar refractivity (Wildman–Crippen MR) is 216 cm³/mol. The van der Waals surface area contributed by atoms with Gasteiger partial charge in [-0.1, -0.05) is 108 Å². The SMILES string of the molecule is CC(C)(C)Cc1ccc2c3ccccc3n3c4ccc(-c5ccc6c(c5)c5ccccc5n5c7ccc(C(C)(C)C)cc7nc65)cc4nc3c2c1. The van der Waals surface area contributed by atoms with Crippen LogP contribution in [0.3, 0.4) is 0 Å². The summed E-state index contributed by atoms with van der Waals surface area (Å²) in [6.07, 6.45) is 1.02. The number of benzene rings is 6. The summed E-state index contributed by atoms with van der Waals surface area (Å²) in [7, 11) is 0. The van der Waals surface area contributed by atoms with Crippen molar-refractivity contribution >= 4 is 76.7 Å². The molecule has 0 saturated carbocycles. The fourth-order valence-corrected chi connectivity index (χ4v) is 8.32. The molecular formula is C47H40N4. The Labute approximate surface area is 297 Å². The molecule has 0 aliphatic rings. The predicted octanol–water partition coefficient (Wildman–Crippen LogP) is 12.5. The first-order valence-electron chi connectivity index (χ1n) is 18.1. The molecule has 0 aliphatic heterocycles. The van der Waals surface area contributed by atoms with Gasteiger partial charge in [-0.15, -0.1) is 0 Å². The van der Waals surface area contributed by atoms with Crippen molar-refractivity contribution in [2.75, 3.05) is 0 Å². The Morgan fingerprint density at radius 2 is 1.02 bits per heavy atom. The monoisotopic (exact) mass is 660 g/mol. The Morgan fingerprint density at radius 3 is 1.71 bits per heavy atom. The van der Waals surface area contributed by atoms with Crippen LogP contribution >= 0.6 is 0 Å². The third-order valence-corrected chi connectivity index (χ3v) is 10.7. The van der Waals surface area contributed by atoms with E-state index in [-0.39, 0.29) is 10.8 Å². The first kappa shape index (κ1) is 30.1. The highest BCUT2D eigenvalue weighted by Crippen LogP contribution is 2.38. The maximum atomic E-state index is 5.37. The first-order chi connectivity index (χ1) is 24.5. The van der Waals surface area contributed by atoms with Crippen LogP contribution in [-0.2, 0) is 11.8 Å². The lowest BCUT2D eigenvalue weighted by Gasteiger charge is -2.19. The molecule has 10 aromatic rings. The van der Waals surface area contributed by atoms with E-state index in [1.165, 1.54) is 54.7 Å². The number of pyridine rings is 2. The summed E-state index contributed by atoms with van der Waals surface area (Å²) in [4.78, 5) is 10.6. The fraction of sp³-hybridized carbons (Fsp3) is 0.191. The third-order valence-electron chi connectivity index (χ3n) is 10.7. The van der Waals surface area contributed by atoms with Crippen LogP contribution in [0.15, 0.2) is 121 Å². The highest BCUT2D eigenvalue weighted by Gasteiger charge is 2.20. The van der Waals surface area contributed by atoms with E-state index >= 15 is 0 Å². The molecule has 0 spiro atoms. The minimum atomic E-state index is 0.0560.